The number of rotatable bonds is 4. The van der Waals surface area contributed by atoms with Crippen LogP contribution in [0, 0.1) is 11.3 Å². The predicted molar refractivity (Wildman–Crippen MR) is 91.0 cm³/mol. The minimum atomic E-state index is -1.01. The molecule has 0 spiro atoms. The molecule has 1 aromatic heterocycles. The van der Waals surface area contributed by atoms with Gasteiger partial charge in [0, 0.05) is 5.56 Å². The van der Waals surface area contributed by atoms with E-state index in [1.807, 2.05) is 30.3 Å². The van der Waals surface area contributed by atoms with Crippen LogP contribution in [0.25, 0.3) is 23.0 Å². The van der Waals surface area contributed by atoms with Gasteiger partial charge in [-0.3, -0.25) is 0 Å². The normalized spacial score (nSPS) is 11.0. The summed E-state index contributed by atoms with van der Waals surface area (Å²) >= 11 is 0. The van der Waals surface area contributed by atoms with Gasteiger partial charge in [0.25, 0.3) is 0 Å². The Bertz CT molecular complexity index is 946. The van der Waals surface area contributed by atoms with Crippen molar-refractivity contribution in [1.29, 1.82) is 5.26 Å². The summed E-state index contributed by atoms with van der Waals surface area (Å²) in [6.45, 7) is 0. The number of hydrogen-bond acceptors (Lipinski definition) is 3. The summed E-state index contributed by atoms with van der Waals surface area (Å²) in [5.74, 6) is -0.0729. The molecular weight excluding hydrogens is 302 g/mol. The highest BCUT2D eigenvalue weighted by molar-refractivity contribution is 5.95. The molecule has 0 radical (unpaired) electrons. The molecule has 4 nitrogen and oxygen atoms in total. The van der Waals surface area contributed by atoms with Gasteiger partial charge in [-0.1, -0.05) is 48.5 Å². The first-order valence-electron chi connectivity index (χ1n) is 7.29. The van der Waals surface area contributed by atoms with Crippen LogP contribution < -0.4 is 0 Å². The molecule has 24 heavy (non-hydrogen) atoms. The lowest BCUT2D eigenvalue weighted by Crippen LogP contribution is -1.98. The Hall–Kier alpha value is -3.58. The number of furan rings is 1. The van der Waals surface area contributed by atoms with Crippen molar-refractivity contribution in [3.63, 3.8) is 0 Å². The van der Waals surface area contributed by atoms with Crippen LogP contribution in [-0.2, 0) is 0 Å². The second kappa shape index (κ2) is 6.67. The van der Waals surface area contributed by atoms with Gasteiger partial charge in [-0.2, -0.15) is 5.26 Å². The van der Waals surface area contributed by atoms with Crippen LogP contribution in [0.3, 0.4) is 0 Å². The lowest BCUT2D eigenvalue weighted by atomic mass is 10.1. The van der Waals surface area contributed by atoms with Crippen LogP contribution in [0.4, 0.5) is 0 Å². The van der Waals surface area contributed by atoms with E-state index in [0.29, 0.717) is 22.7 Å². The molecule has 0 aliphatic carbocycles. The number of hydrogen-bond donors (Lipinski definition) is 1. The van der Waals surface area contributed by atoms with Gasteiger partial charge < -0.3 is 9.52 Å². The third-order valence-electron chi connectivity index (χ3n) is 3.54. The fourth-order valence-electron chi connectivity index (χ4n) is 2.40. The van der Waals surface area contributed by atoms with Crippen LogP contribution in [0.2, 0.25) is 0 Å². The Morgan fingerprint density at radius 2 is 1.71 bits per heavy atom. The minimum absolute atomic E-state index is 0.172. The highest BCUT2D eigenvalue weighted by Gasteiger charge is 2.13. The predicted octanol–water partition coefficient (Wildman–Crippen LogP) is 4.71. The van der Waals surface area contributed by atoms with Crippen molar-refractivity contribution in [2.75, 3.05) is 0 Å². The molecule has 3 aromatic rings. The summed E-state index contributed by atoms with van der Waals surface area (Å²) in [4.78, 5) is 11.3. The molecule has 0 unspecified atom stereocenters. The first kappa shape index (κ1) is 15.3. The van der Waals surface area contributed by atoms with Gasteiger partial charge in [0.2, 0.25) is 0 Å². The molecule has 3 rings (SSSR count). The van der Waals surface area contributed by atoms with Crippen molar-refractivity contribution in [2.24, 2.45) is 0 Å². The van der Waals surface area contributed by atoms with E-state index in [0.717, 1.165) is 5.56 Å². The zero-order chi connectivity index (χ0) is 16.9. The number of nitriles is 1. The number of carboxylic acid groups (broad SMARTS) is 1. The topological polar surface area (TPSA) is 74.2 Å². The van der Waals surface area contributed by atoms with Gasteiger partial charge in [0.1, 0.15) is 11.5 Å². The van der Waals surface area contributed by atoms with E-state index in [2.05, 4.69) is 6.07 Å². The maximum absolute atomic E-state index is 11.3. The van der Waals surface area contributed by atoms with E-state index in [-0.39, 0.29) is 5.56 Å². The fraction of sp³-hybridized carbons (Fsp3) is 0. The smallest absolute Gasteiger partial charge is 0.336 e. The second-order valence-corrected chi connectivity index (χ2v) is 5.09. The zero-order valence-electron chi connectivity index (χ0n) is 12.6. The Labute approximate surface area is 138 Å². The van der Waals surface area contributed by atoms with Crippen LogP contribution in [0.5, 0.6) is 0 Å². The van der Waals surface area contributed by atoms with Gasteiger partial charge in [-0.25, -0.2) is 4.79 Å². The molecule has 0 atom stereocenters. The van der Waals surface area contributed by atoms with Gasteiger partial charge in [-0.05, 0) is 29.8 Å². The van der Waals surface area contributed by atoms with Gasteiger partial charge in [-0.15, -0.1) is 0 Å². The molecule has 0 aliphatic heterocycles. The van der Waals surface area contributed by atoms with E-state index in [4.69, 9.17) is 4.42 Å². The minimum Gasteiger partial charge on any atom is -0.478 e. The largest absolute Gasteiger partial charge is 0.478 e. The number of nitrogens with zero attached hydrogens (tertiary/aromatic N) is 1. The highest BCUT2D eigenvalue weighted by atomic mass is 16.4. The third kappa shape index (κ3) is 3.11. The fourth-order valence-corrected chi connectivity index (χ4v) is 2.40. The standard InChI is InChI=1S/C20H13NO3/c21-13-15(14-6-2-1-3-7-14)12-16-10-11-19(24-16)17-8-4-5-9-18(17)20(22)23/h1-12H,(H,22,23)/b15-12-. The first-order chi connectivity index (χ1) is 11.7. The summed E-state index contributed by atoms with van der Waals surface area (Å²) in [6, 6.07) is 21.5. The molecule has 0 amide bonds. The van der Waals surface area contributed by atoms with Crippen LogP contribution in [0.15, 0.2) is 71.1 Å². The summed E-state index contributed by atoms with van der Waals surface area (Å²) in [6.07, 6.45) is 1.64. The maximum atomic E-state index is 11.3. The molecule has 1 N–H and O–H groups in total. The Morgan fingerprint density at radius 3 is 2.42 bits per heavy atom. The summed E-state index contributed by atoms with van der Waals surface area (Å²) in [5, 5.41) is 18.6. The molecule has 0 saturated heterocycles. The zero-order valence-corrected chi connectivity index (χ0v) is 12.6. The SMILES string of the molecule is N#C/C(=C/c1ccc(-c2ccccc2C(=O)O)o1)c1ccccc1. The number of benzene rings is 2. The summed E-state index contributed by atoms with van der Waals surface area (Å²) in [5.41, 5.74) is 1.95. The second-order valence-electron chi connectivity index (χ2n) is 5.09. The molecule has 0 aliphatic rings. The summed E-state index contributed by atoms with van der Waals surface area (Å²) < 4.78 is 5.72. The summed E-state index contributed by atoms with van der Waals surface area (Å²) in [7, 11) is 0. The van der Waals surface area contributed by atoms with Crippen molar-refractivity contribution in [1.82, 2.24) is 0 Å². The maximum Gasteiger partial charge on any atom is 0.336 e. The lowest BCUT2D eigenvalue weighted by molar-refractivity contribution is 0.0697. The first-order valence-corrected chi connectivity index (χ1v) is 7.29. The van der Waals surface area contributed by atoms with Gasteiger partial charge in [0.05, 0.1) is 17.2 Å². The molecule has 0 saturated carbocycles. The van der Waals surface area contributed by atoms with Crippen molar-refractivity contribution in [3.8, 4) is 17.4 Å². The molecule has 116 valence electrons. The molecule has 4 heteroatoms. The number of carbonyl (C=O) groups is 1. The number of carboxylic acids is 1. The lowest BCUT2D eigenvalue weighted by Gasteiger charge is -2.02. The average Bonchev–Trinajstić information content (AvgIpc) is 3.09. The van der Waals surface area contributed by atoms with Crippen molar-refractivity contribution in [2.45, 2.75) is 0 Å². The monoisotopic (exact) mass is 315 g/mol. The quantitative estimate of drug-likeness (QED) is 0.708. The van der Waals surface area contributed by atoms with Gasteiger partial charge in [0.15, 0.2) is 0 Å². The van der Waals surface area contributed by atoms with E-state index < -0.39 is 5.97 Å². The van der Waals surface area contributed by atoms with Crippen LogP contribution >= 0.6 is 0 Å². The average molecular weight is 315 g/mol. The molecule has 0 fully saturated rings. The van der Waals surface area contributed by atoms with Gasteiger partial charge >= 0.3 is 5.97 Å². The number of allylic oxidation sites excluding steroid dienone is 1. The number of aromatic carboxylic acids is 1. The molecule has 1 heterocycles. The van der Waals surface area contributed by atoms with E-state index in [9.17, 15) is 15.2 Å². The van der Waals surface area contributed by atoms with E-state index in [1.54, 1.807) is 36.4 Å². The molecular formula is C20H13NO3. The Balaban J connectivity index is 1.99. The van der Waals surface area contributed by atoms with Crippen LogP contribution in [-0.4, -0.2) is 11.1 Å². The van der Waals surface area contributed by atoms with Crippen LogP contribution in [0.1, 0.15) is 21.7 Å². The third-order valence-corrected chi connectivity index (χ3v) is 3.54. The Kier molecular flexibility index (Phi) is 4.26. The Morgan fingerprint density at radius 1 is 1.00 bits per heavy atom. The van der Waals surface area contributed by atoms with Crippen molar-refractivity contribution < 1.29 is 14.3 Å². The molecule has 0 bridgehead atoms. The highest BCUT2D eigenvalue weighted by Crippen LogP contribution is 2.27. The van der Waals surface area contributed by atoms with Crippen molar-refractivity contribution in [3.05, 3.63) is 83.6 Å². The van der Waals surface area contributed by atoms with E-state index in [1.165, 1.54) is 6.07 Å². The van der Waals surface area contributed by atoms with Crippen molar-refractivity contribution >= 4 is 17.6 Å². The molecule has 2 aromatic carbocycles. The van der Waals surface area contributed by atoms with E-state index >= 15 is 0 Å².